The molecule has 1 saturated heterocycles. The van der Waals surface area contributed by atoms with Crippen molar-refractivity contribution in [1.82, 2.24) is 10.2 Å². The highest BCUT2D eigenvalue weighted by Gasteiger charge is 2.31. The van der Waals surface area contributed by atoms with E-state index < -0.39 is 6.17 Å². The van der Waals surface area contributed by atoms with Gasteiger partial charge in [-0.25, -0.2) is 0 Å². The number of carbonyl (C=O) groups is 1. The Balaban J connectivity index is 1.87. The summed E-state index contributed by atoms with van der Waals surface area (Å²) in [5.41, 5.74) is 1.68. The number of phenolic OH excluding ortho intramolecular Hbond substituents is 2. The minimum atomic E-state index is -0.407. The van der Waals surface area contributed by atoms with Crippen LogP contribution in [-0.2, 0) is 11.3 Å². The first-order valence-corrected chi connectivity index (χ1v) is 8.10. The molecule has 5 nitrogen and oxygen atoms in total. The van der Waals surface area contributed by atoms with E-state index in [0.717, 1.165) is 10.0 Å². The average molecular weight is 398 g/mol. The number of hydrogen-bond donors (Lipinski definition) is 3. The zero-order valence-corrected chi connectivity index (χ0v) is 14.3. The van der Waals surface area contributed by atoms with Crippen LogP contribution in [0.5, 0.6) is 11.5 Å². The van der Waals surface area contributed by atoms with Crippen molar-refractivity contribution in [2.45, 2.75) is 12.7 Å². The van der Waals surface area contributed by atoms with Crippen LogP contribution in [0.3, 0.4) is 0 Å². The highest BCUT2D eigenvalue weighted by atomic mass is 79.9. The first kappa shape index (κ1) is 16.1. The Labute approximate surface area is 146 Å². The number of nitrogens with one attached hydrogen (secondary N) is 1. The molecule has 3 N–H and O–H groups in total. The molecule has 0 saturated carbocycles. The van der Waals surface area contributed by atoms with Crippen molar-refractivity contribution < 1.29 is 15.0 Å². The predicted molar refractivity (Wildman–Crippen MR) is 90.2 cm³/mol. The fourth-order valence-electron chi connectivity index (χ4n) is 2.59. The lowest BCUT2D eigenvalue weighted by atomic mass is 10.1. The molecule has 1 fully saturated rings. The van der Waals surface area contributed by atoms with E-state index in [0.29, 0.717) is 12.1 Å². The molecule has 2 aromatic rings. The van der Waals surface area contributed by atoms with Crippen molar-refractivity contribution in [3.05, 3.63) is 57.0 Å². The summed E-state index contributed by atoms with van der Waals surface area (Å²) in [5, 5.41) is 22.2. The van der Waals surface area contributed by atoms with Crippen LogP contribution in [0, 0.1) is 0 Å². The van der Waals surface area contributed by atoms with Crippen LogP contribution in [0.4, 0.5) is 0 Å². The second-order valence-corrected chi connectivity index (χ2v) is 6.69. The molecule has 0 spiro atoms. The van der Waals surface area contributed by atoms with Gasteiger partial charge in [0.15, 0.2) is 11.5 Å². The van der Waals surface area contributed by atoms with Gasteiger partial charge < -0.3 is 15.5 Å². The zero-order chi connectivity index (χ0) is 16.6. The molecule has 1 aliphatic rings. The lowest BCUT2D eigenvalue weighted by Gasteiger charge is -2.24. The quantitative estimate of drug-likeness (QED) is 0.696. The molecule has 1 heterocycles. The van der Waals surface area contributed by atoms with Gasteiger partial charge in [-0.3, -0.25) is 9.69 Å². The van der Waals surface area contributed by atoms with E-state index >= 15 is 0 Å². The molecule has 1 unspecified atom stereocenters. The molecule has 0 radical (unpaired) electrons. The second-order valence-electron chi connectivity index (χ2n) is 5.37. The molecule has 0 aromatic heterocycles. The fourth-order valence-corrected chi connectivity index (χ4v) is 3.08. The third kappa shape index (κ3) is 3.44. The van der Waals surface area contributed by atoms with Crippen LogP contribution in [-0.4, -0.2) is 27.6 Å². The number of phenols is 2. The van der Waals surface area contributed by atoms with E-state index in [9.17, 15) is 15.0 Å². The molecule has 3 rings (SSSR count). The summed E-state index contributed by atoms with van der Waals surface area (Å²) in [5.74, 6) is -0.771. The summed E-state index contributed by atoms with van der Waals surface area (Å²) in [6.45, 7) is 0.815. The van der Waals surface area contributed by atoms with Gasteiger partial charge in [0, 0.05) is 11.0 Å². The van der Waals surface area contributed by atoms with Crippen molar-refractivity contribution in [1.29, 1.82) is 0 Å². The standard InChI is InChI=1S/C16H14BrClN2O3/c17-11-3-1-9(2-4-11)7-20-8-14(22)19-16(20)10-5-12(18)15(23)13(21)6-10/h1-6,16,21,23H,7-8H2,(H,19,22). The molecule has 0 bridgehead atoms. The maximum atomic E-state index is 11.8. The molecule has 2 aromatic carbocycles. The van der Waals surface area contributed by atoms with Gasteiger partial charge >= 0.3 is 0 Å². The molecule has 23 heavy (non-hydrogen) atoms. The number of benzene rings is 2. The number of amides is 1. The summed E-state index contributed by atoms with van der Waals surface area (Å²) in [7, 11) is 0. The minimum Gasteiger partial charge on any atom is -0.504 e. The SMILES string of the molecule is O=C1CN(Cc2ccc(Br)cc2)C(c2cc(O)c(O)c(Cl)c2)N1. The maximum absolute atomic E-state index is 11.8. The smallest absolute Gasteiger partial charge is 0.235 e. The third-order valence-electron chi connectivity index (χ3n) is 3.69. The summed E-state index contributed by atoms with van der Waals surface area (Å²) in [6, 6.07) is 10.8. The number of hydrogen-bond acceptors (Lipinski definition) is 4. The van der Waals surface area contributed by atoms with Crippen LogP contribution in [0.1, 0.15) is 17.3 Å². The largest absolute Gasteiger partial charge is 0.504 e. The van der Waals surface area contributed by atoms with E-state index in [-0.39, 0.29) is 29.0 Å². The monoisotopic (exact) mass is 396 g/mol. The number of aromatic hydroxyl groups is 2. The lowest BCUT2D eigenvalue weighted by molar-refractivity contribution is -0.118. The molecule has 1 amide bonds. The first-order chi connectivity index (χ1) is 10.9. The van der Waals surface area contributed by atoms with Gasteiger partial charge in [0.2, 0.25) is 5.91 Å². The third-order valence-corrected chi connectivity index (χ3v) is 4.51. The first-order valence-electron chi connectivity index (χ1n) is 6.93. The van der Waals surface area contributed by atoms with Gasteiger partial charge in [0.25, 0.3) is 0 Å². The van der Waals surface area contributed by atoms with E-state index in [2.05, 4.69) is 21.2 Å². The molecule has 1 aliphatic heterocycles. The van der Waals surface area contributed by atoms with E-state index in [1.54, 1.807) is 6.07 Å². The van der Waals surface area contributed by atoms with Gasteiger partial charge in [0.05, 0.1) is 11.6 Å². The number of nitrogens with zero attached hydrogens (tertiary/aromatic N) is 1. The molecule has 1 atom stereocenters. The van der Waals surface area contributed by atoms with E-state index in [1.807, 2.05) is 29.2 Å². The second kappa shape index (κ2) is 6.39. The van der Waals surface area contributed by atoms with Crippen LogP contribution in [0.2, 0.25) is 5.02 Å². The average Bonchev–Trinajstić information content (AvgIpc) is 2.87. The number of halogens is 2. The minimum absolute atomic E-state index is 0.0461. The Morgan fingerprint density at radius 1 is 1.26 bits per heavy atom. The molecule has 0 aliphatic carbocycles. The lowest BCUT2D eigenvalue weighted by Crippen LogP contribution is -2.27. The van der Waals surface area contributed by atoms with Gasteiger partial charge in [0.1, 0.15) is 6.17 Å². The fraction of sp³-hybridized carbons (Fsp3) is 0.188. The summed E-state index contributed by atoms with van der Waals surface area (Å²) >= 11 is 9.31. The highest BCUT2D eigenvalue weighted by molar-refractivity contribution is 9.10. The van der Waals surface area contributed by atoms with Crippen molar-refractivity contribution in [3.8, 4) is 11.5 Å². The Morgan fingerprint density at radius 3 is 2.61 bits per heavy atom. The van der Waals surface area contributed by atoms with E-state index in [1.165, 1.54) is 6.07 Å². The van der Waals surface area contributed by atoms with Crippen molar-refractivity contribution in [2.75, 3.05) is 6.54 Å². The van der Waals surface area contributed by atoms with Gasteiger partial charge in [-0.15, -0.1) is 0 Å². The molecular formula is C16H14BrClN2O3. The summed E-state index contributed by atoms with van der Waals surface area (Å²) in [4.78, 5) is 13.8. The molecular weight excluding hydrogens is 384 g/mol. The van der Waals surface area contributed by atoms with Gasteiger partial charge in [-0.1, -0.05) is 39.7 Å². The van der Waals surface area contributed by atoms with Crippen LogP contribution in [0.15, 0.2) is 40.9 Å². The van der Waals surface area contributed by atoms with Crippen molar-refractivity contribution in [3.63, 3.8) is 0 Å². The van der Waals surface area contributed by atoms with Gasteiger partial charge in [-0.2, -0.15) is 0 Å². The highest BCUT2D eigenvalue weighted by Crippen LogP contribution is 2.37. The zero-order valence-electron chi connectivity index (χ0n) is 12.0. The van der Waals surface area contributed by atoms with Crippen molar-refractivity contribution >= 4 is 33.4 Å². The van der Waals surface area contributed by atoms with E-state index in [4.69, 9.17) is 11.6 Å². The topological polar surface area (TPSA) is 72.8 Å². The Morgan fingerprint density at radius 2 is 1.96 bits per heavy atom. The predicted octanol–water partition coefficient (Wildman–Crippen LogP) is 3.14. The van der Waals surface area contributed by atoms with Crippen LogP contribution >= 0.6 is 27.5 Å². The summed E-state index contributed by atoms with van der Waals surface area (Å²) < 4.78 is 0.990. The Bertz CT molecular complexity index is 728. The summed E-state index contributed by atoms with van der Waals surface area (Å²) in [6.07, 6.45) is -0.407. The molecule has 120 valence electrons. The molecule has 7 heteroatoms. The van der Waals surface area contributed by atoms with Crippen LogP contribution in [0.25, 0.3) is 0 Å². The van der Waals surface area contributed by atoms with Crippen molar-refractivity contribution in [2.24, 2.45) is 0 Å². The Kier molecular flexibility index (Phi) is 4.48. The maximum Gasteiger partial charge on any atom is 0.235 e. The number of carbonyl (C=O) groups excluding carboxylic acids is 1. The normalized spacial score (nSPS) is 18.2. The Hall–Kier alpha value is -1.76. The van der Waals surface area contributed by atoms with Gasteiger partial charge in [-0.05, 0) is 35.4 Å². The number of rotatable bonds is 3. The van der Waals surface area contributed by atoms with Crippen LogP contribution < -0.4 is 5.32 Å².